The summed E-state index contributed by atoms with van der Waals surface area (Å²) in [6.45, 7) is 7.40. The van der Waals surface area contributed by atoms with Gasteiger partial charge in [0.2, 0.25) is 5.91 Å². The Hall–Kier alpha value is -1.62. The molecule has 1 aromatic rings. The predicted molar refractivity (Wildman–Crippen MR) is 77.4 cm³/mol. The number of nitrogens with zero attached hydrogens (tertiary/aromatic N) is 1. The van der Waals surface area contributed by atoms with Crippen LogP contribution in [0.2, 0.25) is 0 Å². The van der Waals surface area contributed by atoms with E-state index in [0.717, 1.165) is 6.42 Å². The normalized spacial score (nSPS) is 10.7. The summed E-state index contributed by atoms with van der Waals surface area (Å²) < 4.78 is 1.61. The van der Waals surface area contributed by atoms with Crippen molar-refractivity contribution in [3.05, 3.63) is 28.7 Å². The maximum atomic E-state index is 11.7. The summed E-state index contributed by atoms with van der Waals surface area (Å²) in [5.74, 6) is -0.0464. The molecule has 0 unspecified atom stereocenters. The van der Waals surface area contributed by atoms with Crippen LogP contribution in [0.5, 0.6) is 0 Å². The molecule has 0 fully saturated rings. The smallest absolute Gasteiger partial charge is 0.250 e. The molecule has 1 aromatic heterocycles. The summed E-state index contributed by atoms with van der Waals surface area (Å²) >= 11 is 0. The zero-order valence-corrected chi connectivity index (χ0v) is 11.9. The lowest BCUT2D eigenvalue weighted by Gasteiger charge is -2.10. The van der Waals surface area contributed by atoms with Crippen LogP contribution >= 0.6 is 0 Å². The fraction of sp³-hybridized carbons (Fsp3) is 0.571. The van der Waals surface area contributed by atoms with Crippen molar-refractivity contribution in [1.82, 2.24) is 9.88 Å². The van der Waals surface area contributed by atoms with Gasteiger partial charge in [0.25, 0.3) is 5.56 Å². The van der Waals surface area contributed by atoms with E-state index in [1.54, 1.807) is 16.8 Å². The van der Waals surface area contributed by atoms with Gasteiger partial charge in [-0.1, -0.05) is 20.8 Å². The highest BCUT2D eigenvalue weighted by molar-refractivity contribution is 5.90. The molecule has 0 radical (unpaired) electrons. The zero-order chi connectivity index (χ0) is 14.3. The maximum Gasteiger partial charge on any atom is 0.250 e. The summed E-state index contributed by atoms with van der Waals surface area (Å²) in [6, 6.07) is 3.50. The molecule has 0 bridgehead atoms. The van der Waals surface area contributed by atoms with Gasteiger partial charge in [-0.3, -0.25) is 9.59 Å². The van der Waals surface area contributed by atoms with Crippen molar-refractivity contribution in [3.63, 3.8) is 0 Å². The lowest BCUT2D eigenvalue weighted by atomic mass is 10.3. The number of pyridine rings is 1. The highest BCUT2D eigenvalue weighted by Gasteiger charge is 2.04. The van der Waals surface area contributed by atoms with Gasteiger partial charge in [0.05, 0.1) is 5.69 Å². The lowest BCUT2D eigenvalue weighted by molar-refractivity contribution is -0.116. The van der Waals surface area contributed by atoms with Crippen LogP contribution in [0.25, 0.3) is 0 Å². The van der Waals surface area contributed by atoms with Crippen molar-refractivity contribution in [2.24, 2.45) is 0 Å². The van der Waals surface area contributed by atoms with E-state index >= 15 is 0 Å². The summed E-state index contributed by atoms with van der Waals surface area (Å²) in [4.78, 5) is 23.2. The predicted octanol–water partition coefficient (Wildman–Crippen LogP) is 1.58. The van der Waals surface area contributed by atoms with E-state index in [2.05, 4.69) is 10.6 Å². The first kappa shape index (κ1) is 15.4. The van der Waals surface area contributed by atoms with E-state index in [1.165, 1.54) is 6.07 Å². The lowest BCUT2D eigenvalue weighted by Crippen LogP contribution is -2.27. The molecule has 5 heteroatoms. The van der Waals surface area contributed by atoms with Crippen molar-refractivity contribution in [2.45, 2.75) is 46.2 Å². The van der Waals surface area contributed by atoms with Gasteiger partial charge >= 0.3 is 0 Å². The molecule has 0 saturated carbocycles. The fourth-order valence-electron chi connectivity index (χ4n) is 1.72. The van der Waals surface area contributed by atoms with Gasteiger partial charge in [-0.15, -0.1) is 0 Å². The first-order chi connectivity index (χ1) is 9.02. The molecule has 1 amide bonds. The number of hydrogen-bond donors (Lipinski definition) is 2. The van der Waals surface area contributed by atoms with Crippen molar-refractivity contribution in [3.8, 4) is 0 Å². The van der Waals surface area contributed by atoms with Gasteiger partial charge in [0.1, 0.15) is 0 Å². The van der Waals surface area contributed by atoms with Gasteiger partial charge in [0, 0.05) is 37.8 Å². The quantitative estimate of drug-likeness (QED) is 0.787. The van der Waals surface area contributed by atoms with Gasteiger partial charge in [-0.05, 0) is 12.5 Å². The summed E-state index contributed by atoms with van der Waals surface area (Å²) in [7, 11) is 0. The third-order valence-corrected chi connectivity index (χ3v) is 2.64. The van der Waals surface area contributed by atoms with Crippen LogP contribution in [0.4, 0.5) is 5.69 Å². The largest absolute Gasteiger partial charge is 0.325 e. The van der Waals surface area contributed by atoms with E-state index in [-0.39, 0.29) is 11.5 Å². The van der Waals surface area contributed by atoms with E-state index in [1.807, 2.05) is 20.8 Å². The molecular formula is C14H23N3O2. The van der Waals surface area contributed by atoms with Crippen molar-refractivity contribution < 1.29 is 4.79 Å². The number of aromatic nitrogens is 1. The summed E-state index contributed by atoms with van der Waals surface area (Å²) in [6.07, 6.45) is 3.00. The van der Waals surface area contributed by atoms with Crippen molar-refractivity contribution in [2.75, 3.05) is 11.9 Å². The standard InChI is InChI=1S/C14H23N3O2/c1-4-9-17-10-12(5-6-14(17)19)16-13(18)7-8-15-11(2)3/h5-6,10-11,15H,4,7-9H2,1-3H3,(H,16,18). The van der Waals surface area contributed by atoms with Gasteiger partial charge in [-0.25, -0.2) is 0 Å². The molecule has 0 aliphatic rings. The molecule has 0 aliphatic heterocycles. The monoisotopic (exact) mass is 265 g/mol. The Morgan fingerprint density at radius 2 is 2.11 bits per heavy atom. The second kappa shape index (κ2) is 7.74. The Balaban J connectivity index is 2.54. The van der Waals surface area contributed by atoms with Gasteiger partial charge in [0.15, 0.2) is 0 Å². The highest BCUT2D eigenvalue weighted by atomic mass is 16.1. The first-order valence-corrected chi connectivity index (χ1v) is 6.76. The molecule has 0 saturated heterocycles. The third kappa shape index (κ3) is 5.70. The van der Waals surface area contributed by atoms with E-state index in [4.69, 9.17) is 0 Å². The Labute approximate surface area is 114 Å². The van der Waals surface area contributed by atoms with Crippen LogP contribution in [-0.2, 0) is 11.3 Å². The van der Waals surface area contributed by atoms with E-state index in [0.29, 0.717) is 31.2 Å². The van der Waals surface area contributed by atoms with Gasteiger partial charge < -0.3 is 15.2 Å². The topological polar surface area (TPSA) is 63.1 Å². The van der Waals surface area contributed by atoms with Crippen molar-refractivity contribution >= 4 is 11.6 Å². The first-order valence-electron chi connectivity index (χ1n) is 6.76. The van der Waals surface area contributed by atoms with Crippen LogP contribution in [0.3, 0.4) is 0 Å². The second-order valence-corrected chi connectivity index (χ2v) is 4.86. The van der Waals surface area contributed by atoms with E-state index in [9.17, 15) is 9.59 Å². The van der Waals surface area contributed by atoms with Crippen LogP contribution < -0.4 is 16.2 Å². The molecule has 0 atom stereocenters. The van der Waals surface area contributed by atoms with Crippen LogP contribution in [-0.4, -0.2) is 23.1 Å². The van der Waals surface area contributed by atoms with E-state index < -0.39 is 0 Å². The number of rotatable bonds is 7. The van der Waals surface area contributed by atoms with Crippen molar-refractivity contribution in [1.29, 1.82) is 0 Å². The summed E-state index contributed by atoms with van der Waals surface area (Å²) in [5, 5.41) is 5.99. The number of amides is 1. The summed E-state index contributed by atoms with van der Waals surface area (Å²) in [5.41, 5.74) is 0.629. The molecule has 19 heavy (non-hydrogen) atoms. The maximum absolute atomic E-state index is 11.7. The minimum Gasteiger partial charge on any atom is -0.325 e. The molecule has 1 heterocycles. The minimum atomic E-state index is -0.0464. The van der Waals surface area contributed by atoms with Crippen LogP contribution in [0.1, 0.15) is 33.6 Å². The minimum absolute atomic E-state index is 0.0404. The highest BCUT2D eigenvalue weighted by Crippen LogP contribution is 2.04. The molecule has 2 N–H and O–H groups in total. The molecule has 106 valence electrons. The molecule has 0 spiro atoms. The zero-order valence-electron chi connectivity index (χ0n) is 11.9. The molecule has 0 aromatic carbocycles. The number of hydrogen-bond acceptors (Lipinski definition) is 3. The Bertz CT molecular complexity index is 466. The number of carbonyl (C=O) groups is 1. The molecular weight excluding hydrogens is 242 g/mol. The van der Waals surface area contributed by atoms with Crippen LogP contribution in [0, 0.1) is 0 Å². The molecule has 1 rings (SSSR count). The van der Waals surface area contributed by atoms with Gasteiger partial charge in [-0.2, -0.15) is 0 Å². The second-order valence-electron chi connectivity index (χ2n) is 4.86. The Kier molecular flexibility index (Phi) is 6.29. The number of anilines is 1. The SMILES string of the molecule is CCCn1cc(NC(=O)CCNC(C)C)ccc1=O. The number of carbonyl (C=O) groups excluding carboxylic acids is 1. The third-order valence-electron chi connectivity index (χ3n) is 2.64. The molecule has 0 aliphatic carbocycles. The Morgan fingerprint density at radius 3 is 2.74 bits per heavy atom. The van der Waals surface area contributed by atoms with Crippen LogP contribution in [0.15, 0.2) is 23.1 Å². The average molecular weight is 265 g/mol. The Morgan fingerprint density at radius 1 is 1.37 bits per heavy atom. The average Bonchev–Trinajstić information content (AvgIpc) is 2.33. The fourth-order valence-corrected chi connectivity index (χ4v) is 1.72. The molecule has 5 nitrogen and oxygen atoms in total. The number of nitrogens with one attached hydrogen (secondary N) is 2. The number of aryl methyl sites for hydroxylation is 1.